The molecule has 1 aromatic rings. The van der Waals surface area contributed by atoms with Crippen LogP contribution in [0.1, 0.15) is 30.4 Å². The molecule has 0 atom stereocenters. The normalized spacial score (nSPS) is 14.8. The molecular formula is C17H25N3O2S. The van der Waals surface area contributed by atoms with Crippen LogP contribution in [0.3, 0.4) is 0 Å². The summed E-state index contributed by atoms with van der Waals surface area (Å²) in [5.41, 5.74) is 7.53. The zero-order valence-corrected chi connectivity index (χ0v) is 14.2. The lowest BCUT2D eigenvalue weighted by Crippen LogP contribution is -2.25. The second kappa shape index (κ2) is 9.57. The Morgan fingerprint density at radius 2 is 1.87 bits per heavy atom. The molecule has 0 aromatic heterocycles. The second-order valence-electron chi connectivity index (χ2n) is 5.80. The van der Waals surface area contributed by atoms with Gasteiger partial charge in [0, 0.05) is 25.3 Å². The van der Waals surface area contributed by atoms with E-state index in [1.54, 1.807) is 0 Å². The van der Waals surface area contributed by atoms with E-state index < -0.39 is 0 Å². The first-order valence-corrected chi connectivity index (χ1v) is 9.22. The van der Waals surface area contributed by atoms with Crippen molar-refractivity contribution in [3.63, 3.8) is 0 Å². The molecule has 1 saturated heterocycles. The number of nitrogens with zero attached hydrogens (tertiary/aromatic N) is 1. The number of hydrogen-bond acceptors (Lipinski definition) is 4. The third kappa shape index (κ3) is 6.62. The van der Waals surface area contributed by atoms with Gasteiger partial charge < -0.3 is 11.1 Å². The summed E-state index contributed by atoms with van der Waals surface area (Å²) in [6.45, 7) is 3.85. The number of carbonyl (C=O) groups excluding carboxylic acids is 2. The van der Waals surface area contributed by atoms with Crippen LogP contribution in [0.15, 0.2) is 24.3 Å². The van der Waals surface area contributed by atoms with Gasteiger partial charge in [0.2, 0.25) is 11.8 Å². The van der Waals surface area contributed by atoms with Crippen molar-refractivity contribution in [2.75, 3.05) is 24.6 Å². The van der Waals surface area contributed by atoms with E-state index >= 15 is 0 Å². The van der Waals surface area contributed by atoms with Crippen molar-refractivity contribution >= 4 is 23.6 Å². The number of hydrogen-bond donors (Lipinski definition) is 2. The predicted octanol–water partition coefficient (Wildman–Crippen LogP) is 1.51. The molecule has 0 radical (unpaired) electrons. The molecule has 1 aliphatic heterocycles. The number of nitrogens with one attached hydrogen (secondary N) is 1. The second-order valence-corrected chi connectivity index (χ2v) is 6.90. The quantitative estimate of drug-likeness (QED) is 0.671. The van der Waals surface area contributed by atoms with Crippen LogP contribution < -0.4 is 11.1 Å². The Balaban J connectivity index is 1.76. The first-order valence-electron chi connectivity index (χ1n) is 8.07. The summed E-state index contributed by atoms with van der Waals surface area (Å²) >= 11 is 1.39. The molecule has 1 aromatic carbocycles. The predicted molar refractivity (Wildman–Crippen MR) is 93.9 cm³/mol. The summed E-state index contributed by atoms with van der Waals surface area (Å²) in [6.07, 6.45) is 2.97. The molecule has 0 unspecified atom stereocenters. The van der Waals surface area contributed by atoms with Crippen LogP contribution in [0, 0.1) is 0 Å². The first-order chi connectivity index (χ1) is 11.1. The molecule has 23 heavy (non-hydrogen) atoms. The minimum atomic E-state index is -0.341. The van der Waals surface area contributed by atoms with Gasteiger partial charge in [-0.3, -0.25) is 14.5 Å². The standard InChI is InChI=1S/C17H25N3O2S/c18-16(21)13-23-10-7-17(22)19-11-14-5-1-2-6-15(14)12-20-8-3-4-9-20/h1-2,5-6H,3-4,7-13H2,(H2,18,21)(H,19,22). The highest BCUT2D eigenvalue weighted by atomic mass is 32.2. The Morgan fingerprint density at radius 3 is 2.57 bits per heavy atom. The van der Waals surface area contributed by atoms with E-state index in [0.29, 0.717) is 18.7 Å². The van der Waals surface area contributed by atoms with E-state index in [4.69, 9.17) is 5.73 Å². The molecule has 126 valence electrons. The van der Waals surface area contributed by atoms with Crippen LogP contribution in [0.25, 0.3) is 0 Å². The molecule has 1 heterocycles. The molecule has 2 rings (SSSR count). The summed E-state index contributed by atoms with van der Waals surface area (Å²) in [5.74, 6) is 0.556. The highest BCUT2D eigenvalue weighted by molar-refractivity contribution is 7.99. The van der Waals surface area contributed by atoms with Gasteiger partial charge in [0.05, 0.1) is 5.75 Å². The maximum Gasteiger partial charge on any atom is 0.227 e. The molecule has 1 fully saturated rings. The number of rotatable bonds is 9. The Hall–Kier alpha value is -1.53. The van der Waals surface area contributed by atoms with Crippen molar-refractivity contribution in [3.8, 4) is 0 Å². The lowest BCUT2D eigenvalue weighted by molar-refractivity contribution is -0.121. The van der Waals surface area contributed by atoms with E-state index in [9.17, 15) is 9.59 Å². The fourth-order valence-electron chi connectivity index (χ4n) is 2.69. The molecule has 0 saturated carbocycles. The van der Waals surface area contributed by atoms with Crippen LogP contribution in [0.4, 0.5) is 0 Å². The van der Waals surface area contributed by atoms with Crippen LogP contribution >= 0.6 is 11.8 Å². The molecule has 0 spiro atoms. The number of nitrogens with two attached hydrogens (primary N) is 1. The largest absolute Gasteiger partial charge is 0.369 e. The Kier molecular flexibility index (Phi) is 7.42. The Labute approximate surface area is 142 Å². The first kappa shape index (κ1) is 17.8. The summed E-state index contributed by atoms with van der Waals surface area (Å²) in [7, 11) is 0. The lowest BCUT2D eigenvalue weighted by atomic mass is 10.1. The van der Waals surface area contributed by atoms with Gasteiger partial charge in [-0.25, -0.2) is 0 Å². The van der Waals surface area contributed by atoms with Crippen molar-refractivity contribution in [1.29, 1.82) is 0 Å². The molecule has 0 aliphatic carbocycles. The topological polar surface area (TPSA) is 75.4 Å². The van der Waals surface area contributed by atoms with Crippen molar-refractivity contribution in [3.05, 3.63) is 35.4 Å². The highest BCUT2D eigenvalue weighted by Gasteiger charge is 2.13. The third-order valence-electron chi connectivity index (χ3n) is 3.90. The SMILES string of the molecule is NC(=O)CSCCC(=O)NCc1ccccc1CN1CCCC1. The van der Waals surface area contributed by atoms with Crippen molar-refractivity contribution in [2.24, 2.45) is 5.73 Å². The number of benzene rings is 1. The van der Waals surface area contributed by atoms with E-state index in [-0.39, 0.29) is 17.6 Å². The van der Waals surface area contributed by atoms with Gasteiger partial charge in [0.1, 0.15) is 0 Å². The van der Waals surface area contributed by atoms with Crippen LogP contribution in [0.5, 0.6) is 0 Å². The minimum absolute atomic E-state index is 0.0120. The van der Waals surface area contributed by atoms with Crippen LogP contribution in [0.2, 0.25) is 0 Å². The van der Waals surface area contributed by atoms with Gasteiger partial charge >= 0.3 is 0 Å². The zero-order chi connectivity index (χ0) is 16.5. The van der Waals surface area contributed by atoms with Crippen LogP contribution in [-0.2, 0) is 22.7 Å². The number of amides is 2. The Morgan fingerprint density at radius 1 is 1.17 bits per heavy atom. The van der Waals surface area contributed by atoms with Gasteiger partial charge in [-0.05, 0) is 37.1 Å². The molecule has 1 aliphatic rings. The monoisotopic (exact) mass is 335 g/mol. The van der Waals surface area contributed by atoms with E-state index in [2.05, 4.69) is 28.4 Å². The summed E-state index contributed by atoms with van der Waals surface area (Å²) in [4.78, 5) is 25.0. The van der Waals surface area contributed by atoms with Gasteiger partial charge in [0.15, 0.2) is 0 Å². The minimum Gasteiger partial charge on any atom is -0.369 e. The molecule has 2 amide bonds. The van der Waals surface area contributed by atoms with Gasteiger partial charge in [-0.2, -0.15) is 11.8 Å². The fraction of sp³-hybridized carbons (Fsp3) is 0.529. The van der Waals surface area contributed by atoms with Crippen molar-refractivity contribution in [2.45, 2.75) is 32.4 Å². The van der Waals surface area contributed by atoms with E-state index in [1.165, 1.54) is 35.7 Å². The average Bonchev–Trinajstić information content (AvgIpc) is 3.03. The van der Waals surface area contributed by atoms with Crippen LogP contribution in [-0.4, -0.2) is 41.3 Å². The summed E-state index contributed by atoms with van der Waals surface area (Å²) in [6, 6.07) is 8.28. The summed E-state index contributed by atoms with van der Waals surface area (Å²) in [5, 5.41) is 2.97. The smallest absolute Gasteiger partial charge is 0.227 e. The Bertz CT molecular complexity index is 530. The van der Waals surface area contributed by atoms with Crippen molar-refractivity contribution < 1.29 is 9.59 Å². The summed E-state index contributed by atoms with van der Waals surface area (Å²) < 4.78 is 0. The van der Waals surface area contributed by atoms with E-state index in [0.717, 1.165) is 19.6 Å². The molecule has 3 N–H and O–H groups in total. The third-order valence-corrected chi connectivity index (χ3v) is 4.89. The highest BCUT2D eigenvalue weighted by Crippen LogP contribution is 2.16. The van der Waals surface area contributed by atoms with Gasteiger partial charge in [-0.15, -0.1) is 0 Å². The molecule has 5 nitrogen and oxygen atoms in total. The number of carbonyl (C=O) groups is 2. The van der Waals surface area contributed by atoms with Gasteiger partial charge in [0.25, 0.3) is 0 Å². The number of thioether (sulfide) groups is 1. The maximum absolute atomic E-state index is 11.9. The number of primary amides is 1. The maximum atomic E-state index is 11.9. The number of likely N-dealkylation sites (tertiary alicyclic amines) is 1. The average molecular weight is 335 g/mol. The van der Waals surface area contributed by atoms with Gasteiger partial charge in [-0.1, -0.05) is 24.3 Å². The van der Waals surface area contributed by atoms with E-state index in [1.807, 2.05) is 6.07 Å². The van der Waals surface area contributed by atoms with Crippen molar-refractivity contribution in [1.82, 2.24) is 10.2 Å². The molecule has 0 bridgehead atoms. The molecular weight excluding hydrogens is 310 g/mol. The molecule has 6 heteroatoms. The fourth-order valence-corrected chi connectivity index (χ4v) is 3.36. The zero-order valence-electron chi connectivity index (χ0n) is 13.4. The lowest BCUT2D eigenvalue weighted by Gasteiger charge is -2.17.